The predicted octanol–water partition coefficient (Wildman–Crippen LogP) is 4.08. The van der Waals surface area contributed by atoms with Crippen molar-refractivity contribution >= 4 is 15.7 Å². The molecule has 28 heavy (non-hydrogen) atoms. The van der Waals surface area contributed by atoms with Crippen molar-refractivity contribution in [2.45, 2.75) is 11.3 Å². The summed E-state index contributed by atoms with van der Waals surface area (Å²) in [5.41, 5.74) is 5.34. The van der Waals surface area contributed by atoms with Crippen molar-refractivity contribution < 1.29 is 17.9 Å². The number of rotatable bonds is 7. The van der Waals surface area contributed by atoms with E-state index in [1.54, 1.807) is 25.3 Å². The lowest BCUT2D eigenvalue weighted by atomic mass is 10.1. The van der Waals surface area contributed by atoms with Gasteiger partial charge in [-0.2, -0.15) is 0 Å². The molecular formula is C22H21NO4S. The van der Waals surface area contributed by atoms with Gasteiger partial charge in [-0.15, -0.1) is 0 Å². The third-order valence-electron chi connectivity index (χ3n) is 4.74. The van der Waals surface area contributed by atoms with Crippen LogP contribution in [0.2, 0.25) is 0 Å². The lowest BCUT2D eigenvalue weighted by molar-refractivity contribution is 0.146. The number of hydrogen-bond donors (Lipinski definition) is 1. The minimum absolute atomic E-state index is 0.190. The molecule has 0 aliphatic heterocycles. The van der Waals surface area contributed by atoms with E-state index in [1.165, 1.54) is 23.3 Å². The number of nitrogens with one attached hydrogen (secondary N) is 1. The molecule has 6 heteroatoms. The number of anilines is 1. The van der Waals surface area contributed by atoms with E-state index in [2.05, 4.69) is 16.9 Å². The summed E-state index contributed by atoms with van der Waals surface area (Å²) in [5.74, 6) is 0.603. The molecule has 0 spiro atoms. The van der Waals surface area contributed by atoms with Gasteiger partial charge in [-0.25, -0.2) is 8.42 Å². The number of hydrogen-bond acceptors (Lipinski definition) is 4. The lowest BCUT2D eigenvalue weighted by Crippen LogP contribution is -2.13. The fourth-order valence-electron chi connectivity index (χ4n) is 3.38. The first kappa shape index (κ1) is 18.5. The van der Waals surface area contributed by atoms with Gasteiger partial charge in [-0.05, 0) is 65.1 Å². The van der Waals surface area contributed by atoms with Gasteiger partial charge in [0.05, 0.1) is 11.5 Å². The van der Waals surface area contributed by atoms with Gasteiger partial charge in [0.25, 0.3) is 10.0 Å². The van der Waals surface area contributed by atoms with Gasteiger partial charge in [0, 0.05) is 12.8 Å². The molecule has 4 rings (SSSR count). The summed E-state index contributed by atoms with van der Waals surface area (Å²) in [7, 11) is -2.07. The van der Waals surface area contributed by atoms with E-state index >= 15 is 0 Å². The highest BCUT2D eigenvalue weighted by atomic mass is 32.2. The lowest BCUT2D eigenvalue weighted by Gasteiger charge is -2.11. The second-order valence-corrected chi connectivity index (χ2v) is 8.31. The predicted molar refractivity (Wildman–Crippen MR) is 109 cm³/mol. The van der Waals surface area contributed by atoms with Crippen molar-refractivity contribution in [1.82, 2.24) is 0 Å². The Balaban J connectivity index is 1.50. The summed E-state index contributed by atoms with van der Waals surface area (Å²) in [6.45, 7) is 0.891. The third-order valence-corrected chi connectivity index (χ3v) is 6.13. The van der Waals surface area contributed by atoms with Crippen LogP contribution in [0.15, 0.2) is 71.6 Å². The van der Waals surface area contributed by atoms with Crippen LogP contribution in [0, 0.1) is 0 Å². The quantitative estimate of drug-likeness (QED) is 0.479. The molecule has 0 bridgehead atoms. The molecule has 3 aromatic carbocycles. The van der Waals surface area contributed by atoms with Crippen LogP contribution in [0.25, 0.3) is 11.1 Å². The van der Waals surface area contributed by atoms with Crippen LogP contribution in [0.1, 0.15) is 11.1 Å². The van der Waals surface area contributed by atoms with Crippen molar-refractivity contribution in [2.24, 2.45) is 0 Å². The molecule has 0 amide bonds. The van der Waals surface area contributed by atoms with Crippen LogP contribution in [-0.4, -0.2) is 28.7 Å². The zero-order chi connectivity index (χ0) is 19.6. The normalized spacial score (nSPS) is 12.3. The first-order chi connectivity index (χ1) is 13.6. The Morgan fingerprint density at radius 2 is 1.64 bits per heavy atom. The molecule has 0 saturated carbocycles. The van der Waals surface area contributed by atoms with Crippen LogP contribution in [-0.2, 0) is 21.2 Å². The fraction of sp³-hybridized carbons (Fsp3) is 0.182. The second kappa shape index (κ2) is 7.66. The monoisotopic (exact) mass is 395 g/mol. The molecule has 1 aliphatic rings. The molecule has 1 aliphatic carbocycles. The number of sulfonamides is 1. The van der Waals surface area contributed by atoms with Crippen molar-refractivity contribution in [3.8, 4) is 16.9 Å². The maximum absolute atomic E-state index is 12.7. The minimum Gasteiger partial charge on any atom is -0.491 e. The topological polar surface area (TPSA) is 64.6 Å². The van der Waals surface area contributed by atoms with Crippen molar-refractivity contribution in [3.63, 3.8) is 0 Å². The van der Waals surface area contributed by atoms with Gasteiger partial charge >= 0.3 is 0 Å². The van der Waals surface area contributed by atoms with E-state index in [0.717, 1.165) is 17.5 Å². The van der Waals surface area contributed by atoms with E-state index in [9.17, 15) is 8.42 Å². The summed E-state index contributed by atoms with van der Waals surface area (Å²) >= 11 is 0. The largest absolute Gasteiger partial charge is 0.491 e. The fourth-order valence-corrected chi connectivity index (χ4v) is 4.43. The average Bonchev–Trinajstić information content (AvgIpc) is 3.06. The summed E-state index contributed by atoms with van der Waals surface area (Å²) in [4.78, 5) is 0.190. The molecule has 144 valence electrons. The van der Waals surface area contributed by atoms with Gasteiger partial charge in [0.15, 0.2) is 0 Å². The van der Waals surface area contributed by atoms with Crippen LogP contribution in [0.3, 0.4) is 0 Å². The Bertz CT molecular complexity index is 1090. The number of methoxy groups -OCH3 is 1. The Labute approximate surface area is 165 Å². The molecule has 0 saturated heterocycles. The van der Waals surface area contributed by atoms with E-state index in [0.29, 0.717) is 24.7 Å². The summed E-state index contributed by atoms with van der Waals surface area (Å²) < 4.78 is 38.5. The highest BCUT2D eigenvalue weighted by Crippen LogP contribution is 2.37. The van der Waals surface area contributed by atoms with Crippen molar-refractivity contribution in [1.29, 1.82) is 0 Å². The highest BCUT2D eigenvalue weighted by molar-refractivity contribution is 7.92. The van der Waals surface area contributed by atoms with Gasteiger partial charge in [-0.3, -0.25) is 4.72 Å². The molecule has 0 fully saturated rings. The molecule has 5 nitrogen and oxygen atoms in total. The zero-order valence-corrected chi connectivity index (χ0v) is 16.3. The minimum atomic E-state index is -3.67. The van der Waals surface area contributed by atoms with Crippen LogP contribution in [0.4, 0.5) is 5.69 Å². The van der Waals surface area contributed by atoms with Gasteiger partial charge in [0.1, 0.15) is 12.4 Å². The maximum atomic E-state index is 12.7. The molecule has 0 radical (unpaired) electrons. The zero-order valence-electron chi connectivity index (χ0n) is 15.5. The van der Waals surface area contributed by atoms with E-state index < -0.39 is 10.0 Å². The molecule has 0 heterocycles. The molecule has 0 atom stereocenters. The summed E-state index contributed by atoms with van der Waals surface area (Å²) in [6, 6.07) is 20.3. The maximum Gasteiger partial charge on any atom is 0.261 e. The Morgan fingerprint density at radius 3 is 2.43 bits per heavy atom. The molecular weight excluding hydrogens is 374 g/mol. The second-order valence-electron chi connectivity index (χ2n) is 6.62. The van der Waals surface area contributed by atoms with Gasteiger partial charge in [-0.1, -0.05) is 30.3 Å². The molecule has 0 unspecified atom stereocenters. The van der Waals surface area contributed by atoms with E-state index in [4.69, 9.17) is 9.47 Å². The smallest absolute Gasteiger partial charge is 0.261 e. The SMILES string of the molecule is COCCOc1ccc(S(=O)(=O)Nc2ccc3c(c2)Cc2ccccc2-3)cc1. The Hall–Kier alpha value is -2.83. The van der Waals surface area contributed by atoms with Crippen molar-refractivity contribution in [3.05, 3.63) is 77.9 Å². The highest BCUT2D eigenvalue weighted by Gasteiger charge is 2.20. The average molecular weight is 395 g/mol. The standard InChI is InChI=1S/C22H21NO4S/c1-26-12-13-27-19-7-9-20(10-8-19)28(24,25)23-18-6-11-22-17(15-18)14-16-4-2-3-5-21(16)22/h2-11,15,23H,12-14H2,1H3. The summed E-state index contributed by atoms with van der Waals surface area (Å²) in [5, 5.41) is 0. The van der Waals surface area contributed by atoms with E-state index in [-0.39, 0.29) is 4.90 Å². The first-order valence-corrected chi connectivity index (χ1v) is 10.5. The molecule has 3 aromatic rings. The van der Waals surface area contributed by atoms with Gasteiger partial charge in [0.2, 0.25) is 0 Å². The summed E-state index contributed by atoms with van der Waals surface area (Å²) in [6.07, 6.45) is 0.814. The first-order valence-electron chi connectivity index (χ1n) is 9.03. The van der Waals surface area contributed by atoms with Crippen LogP contribution < -0.4 is 9.46 Å². The Morgan fingerprint density at radius 1 is 0.893 bits per heavy atom. The van der Waals surface area contributed by atoms with Gasteiger partial charge < -0.3 is 9.47 Å². The third kappa shape index (κ3) is 3.74. The van der Waals surface area contributed by atoms with Crippen molar-refractivity contribution in [2.75, 3.05) is 25.0 Å². The number of benzene rings is 3. The molecule has 0 aromatic heterocycles. The van der Waals surface area contributed by atoms with Crippen LogP contribution in [0.5, 0.6) is 5.75 Å². The number of fused-ring (bicyclic) bond motifs is 3. The van der Waals surface area contributed by atoms with Crippen LogP contribution >= 0.6 is 0 Å². The Kier molecular flexibility index (Phi) is 5.07. The van der Waals surface area contributed by atoms with E-state index in [1.807, 2.05) is 24.3 Å². The molecule has 1 N–H and O–H groups in total. The number of ether oxygens (including phenoxy) is 2.